The van der Waals surface area contributed by atoms with E-state index in [-0.39, 0.29) is 0 Å². The molecule has 1 aliphatic carbocycles. The fourth-order valence-corrected chi connectivity index (χ4v) is 3.73. The predicted octanol–water partition coefficient (Wildman–Crippen LogP) is 4.74. The van der Waals surface area contributed by atoms with E-state index in [1.807, 2.05) is 30.3 Å². The third-order valence-electron chi connectivity index (χ3n) is 5.04. The number of nitrogens with one attached hydrogen (secondary N) is 1. The second kappa shape index (κ2) is 5.65. The van der Waals surface area contributed by atoms with E-state index >= 15 is 0 Å². The molecule has 0 saturated heterocycles. The van der Waals surface area contributed by atoms with Gasteiger partial charge in [0.05, 0.1) is 11.2 Å². The van der Waals surface area contributed by atoms with E-state index in [1.54, 1.807) is 6.07 Å². The van der Waals surface area contributed by atoms with Crippen LogP contribution >= 0.6 is 0 Å². The Morgan fingerprint density at radius 2 is 2.00 bits per heavy atom. The highest BCUT2D eigenvalue weighted by Crippen LogP contribution is 2.36. The molecule has 118 valence electrons. The zero-order valence-corrected chi connectivity index (χ0v) is 13.4. The molecule has 0 amide bonds. The van der Waals surface area contributed by atoms with Gasteiger partial charge in [-0.1, -0.05) is 31.5 Å². The molecule has 1 heterocycles. The predicted molar refractivity (Wildman–Crippen MR) is 94.9 cm³/mol. The van der Waals surface area contributed by atoms with Gasteiger partial charge in [0.25, 0.3) is 0 Å². The molecular weight excluding hydrogens is 284 g/mol. The van der Waals surface area contributed by atoms with E-state index < -0.39 is 0 Å². The van der Waals surface area contributed by atoms with E-state index in [9.17, 15) is 5.11 Å². The highest BCUT2D eigenvalue weighted by Gasteiger charge is 2.25. The van der Waals surface area contributed by atoms with Crippen molar-refractivity contribution < 1.29 is 5.11 Å². The number of hydrogen-bond donors (Lipinski definition) is 2. The van der Waals surface area contributed by atoms with Crippen LogP contribution in [0.5, 0.6) is 5.75 Å². The Hall–Kier alpha value is -2.42. The fourth-order valence-electron chi connectivity index (χ4n) is 3.73. The molecular formula is C20H22N2O. The van der Waals surface area contributed by atoms with Crippen molar-refractivity contribution in [3.63, 3.8) is 0 Å². The van der Waals surface area contributed by atoms with E-state index in [0.717, 1.165) is 30.0 Å². The molecule has 0 aliphatic heterocycles. The molecule has 0 radical (unpaired) electrons. The van der Waals surface area contributed by atoms with E-state index in [2.05, 4.69) is 29.2 Å². The lowest BCUT2D eigenvalue weighted by atomic mass is 9.85. The topological polar surface area (TPSA) is 37.2 Å². The van der Waals surface area contributed by atoms with Crippen LogP contribution in [0.15, 0.2) is 48.5 Å². The van der Waals surface area contributed by atoms with Gasteiger partial charge in [-0.15, -0.1) is 0 Å². The molecule has 3 aromatic rings. The van der Waals surface area contributed by atoms with Crippen LogP contribution < -0.4 is 5.43 Å². The Morgan fingerprint density at radius 1 is 1.17 bits per heavy atom. The maximum absolute atomic E-state index is 9.90. The summed E-state index contributed by atoms with van der Waals surface area (Å²) >= 11 is 0. The van der Waals surface area contributed by atoms with Crippen molar-refractivity contribution in [3.05, 3.63) is 59.8 Å². The Morgan fingerprint density at radius 3 is 2.78 bits per heavy atom. The third kappa shape index (κ3) is 2.46. The highest BCUT2D eigenvalue weighted by atomic mass is 16.3. The average molecular weight is 306 g/mol. The lowest BCUT2D eigenvalue weighted by Crippen LogP contribution is -2.19. The summed E-state index contributed by atoms with van der Waals surface area (Å²) in [6.07, 6.45) is 4.65. The summed E-state index contributed by atoms with van der Waals surface area (Å²) < 4.78 is 2.22. The summed E-state index contributed by atoms with van der Waals surface area (Å²) in [5.74, 6) is 1.09. The second-order valence-corrected chi connectivity index (χ2v) is 6.46. The van der Waals surface area contributed by atoms with Gasteiger partial charge < -0.3 is 5.11 Å². The lowest BCUT2D eigenvalue weighted by Gasteiger charge is -2.23. The van der Waals surface area contributed by atoms with Gasteiger partial charge in [0.2, 0.25) is 0 Å². The number of para-hydroxylation sites is 1. The molecule has 2 aromatic carbocycles. The van der Waals surface area contributed by atoms with Gasteiger partial charge in [-0.3, -0.25) is 10.1 Å². The number of aryl methyl sites for hydroxylation is 1. The number of fused-ring (bicyclic) bond motifs is 3. The number of nitrogens with zero attached hydrogens (tertiary/aromatic N) is 1. The molecule has 0 bridgehead atoms. The molecule has 1 aliphatic rings. The van der Waals surface area contributed by atoms with Crippen molar-refractivity contribution in [1.29, 1.82) is 0 Å². The number of phenolic OH excluding ortho intramolecular Hbond substituents is 1. The zero-order chi connectivity index (χ0) is 15.8. The van der Waals surface area contributed by atoms with Gasteiger partial charge in [0.1, 0.15) is 5.75 Å². The molecule has 0 fully saturated rings. The van der Waals surface area contributed by atoms with Crippen LogP contribution in [0, 0.1) is 5.92 Å². The van der Waals surface area contributed by atoms with Gasteiger partial charge >= 0.3 is 0 Å². The zero-order valence-electron chi connectivity index (χ0n) is 13.4. The molecule has 3 heteroatoms. The summed E-state index contributed by atoms with van der Waals surface area (Å²) in [4.78, 5) is 0. The summed E-state index contributed by atoms with van der Waals surface area (Å²) in [6.45, 7) is 2.28. The molecule has 4 rings (SSSR count). The number of rotatable bonds is 3. The number of aromatic nitrogens is 1. The van der Waals surface area contributed by atoms with Crippen LogP contribution in [0.4, 0.5) is 5.69 Å². The minimum Gasteiger partial charge on any atom is -0.508 e. The summed E-state index contributed by atoms with van der Waals surface area (Å²) in [7, 11) is 0. The Kier molecular flexibility index (Phi) is 3.49. The Bertz CT molecular complexity index is 836. The molecule has 1 aromatic heterocycles. The van der Waals surface area contributed by atoms with Crippen LogP contribution in [-0.4, -0.2) is 9.78 Å². The van der Waals surface area contributed by atoms with Crippen molar-refractivity contribution in [1.82, 2.24) is 4.68 Å². The van der Waals surface area contributed by atoms with Crippen LogP contribution in [0.1, 0.15) is 31.0 Å². The highest BCUT2D eigenvalue weighted by molar-refractivity contribution is 5.87. The molecule has 2 N–H and O–H groups in total. The number of hydrogen-bond acceptors (Lipinski definition) is 2. The Balaban J connectivity index is 1.88. The first kappa shape index (κ1) is 14.2. The Labute approximate surface area is 136 Å². The molecule has 23 heavy (non-hydrogen) atoms. The maximum Gasteiger partial charge on any atom is 0.116 e. The minimum atomic E-state index is 0.342. The van der Waals surface area contributed by atoms with Gasteiger partial charge in [0.15, 0.2) is 0 Å². The molecule has 1 atom stereocenters. The van der Waals surface area contributed by atoms with E-state index in [1.165, 1.54) is 29.5 Å². The summed E-state index contributed by atoms with van der Waals surface area (Å²) in [5, 5.41) is 11.1. The van der Waals surface area contributed by atoms with E-state index in [0.29, 0.717) is 5.75 Å². The van der Waals surface area contributed by atoms with Crippen molar-refractivity contribution in [2.75, 3.05) is 5.43 Å². The normalized spacial score (nSPS) is 17.2. The van der Waals surface area contributed by atoms with Gasteiger partial charge in [0, 0.05) is 11.1 Å². The first-order valence-corrected chi connectivity index (χ1v) is 8.43. The number of anilines is 1. The van der Waals surface area contributed by atoms with Crippen LogP contribution in [0.2, 0.25) is 0 Å². The first-order chi connectivity index (χ1) is 11.3. The van der Waals surface area contributed by atoms with E-state index in [4.69, 9.17) is 0 Å². The standard InChI is InChI=1S/C20H22N2O/c1-2-14-8-10-17-18-13-16(23)9-11-19(18)22(20(17)12-14)21-15-6-4-3-5-7-15/h3-7,9,11,13-14,21,23H,2,8,10,12H2,1H3. The molecule has 0 spiro atoms. The van der Waals surface area contributed by atoms with Gasteiger partial charge in [-0.2, -0.15) is 0 Å². The fraction of sp³-hybridized carbons (Fsp3) is 0.300. The lowest BCUT2D eigenvalue weighted by molar-refractivity contribution is 0.436. The molecule has 3 nitrogen and oxygen atoms in total. The molecule has 0 saturated carbocycles. The van der Waals surface area contributed by atoms with Crippen LogP contribution in [-0.2, 0) is 12.8 Å². The average Bonchev–Trinajstić information content (AvgIpc) is 2.88. The van der Waals surface area contributed by atoms with Gasteiger partial charge in [-0.25, -0.2) is 0 Å². The summed E-state index contributed by atoms with van der Waals surface area (Å²) in [5.41, 5.74) is 8.54. The SMILES string of the molecule is CCC1CCc2c(n(Nc3ccccc3)c3ccc(O)cc23)C1. The van der Waals surface area contributed by atoms with Crippen molar-refractivity contribution in [2.24, 2.45) is 5.92 Å². The van der Waals surface area contributed by atoms with Gasteiger partial charge in [-0.05, 0) is 61.1 Å². The number of phenols is 1. The van der Waals surface area contributed by atoms with Crippen LogP contribution in [0.25, 0.3) is 10.9 Å². The maximum atomic E-state index is 9.90. The monoisotopic (exact) mass is 306 g/mol. The smallest absolute Gasteiger partial charge is 0.116 e. The third-order valence-corrected chi connectivity index (χ3v) is 5.04. The number of benzene rings is 2. The van der Waals surface area contributed by atoms with Crippen molar-refractivity contribution in [2.45, 2.75) is 32.6 Å². The number of aromatic hydroxyl groups is 1. The quantitative estimate of drug-likeness (QED) is 0.733. The van der Waals surface area contributed by atoms with Crippen molar-refractivity contribution >= 4 is 16.6 Å². The van der Waals surface area contributed by atoms with Crippen molar-refractivity contribution in [3.8, 4) is 5.75 Å². The molecule has 1 unspecified atom stereocenters. The summed E-state index contributed by atoms with van der Waals surface area (Å²) in [6, 6.07) is 16.0. The largest absolute Gasteiger partial charge is 0.508 e. The van der Waals surface area contributed by atoms with Crippen LogP contribution in [0.3, 0.4) is 0 Å². The minimum absolute atomic E-state index is 0.342. The second-order valence-electron chi connectivity index (χ2n) is 6.46. The first-order valence-electron chi connectivity index (χ1n) is 8.43.